The number of hydrogen-bond acceptors (Lipinski definition) is 3. The van der Waals surface area contributed by atoms with E-state index in [4.69, 9.17) is 4.74 Å². The zero-order valence-corrected chi connectivity index (χ0v) is 13.3. The Morgan fingerprint density at radius 1 is 1.43 bits per heavy atom. The molecule has 0 aromatic heterocycles. The molecule has 1 fully saturated rings. The van der Waals surface area contributed by atoms with Gasteiger partial charge in [0.2, 0.25) is 5.91 Å². The number of carbonyl (C=O) groups excluding carboxylic acids is 1. The van der Waals surface area contributed by atoms with E-state index in [0.29, 0.717) is 19.1 Å². The second-order valence-electron chi connectivity index (χ2n) is 5.74. The van der Waals surface area contributed by atoms with Crippen molar-refractivity contribution in [2.24, 2.45) is 0 Å². The van der Waals surface area contributed by atoms with Crippen molar-refractivity contribution in [3.63, 3.8) is 0 Å². The van der Waals surface area contributed by atoms with Crippen molar-refractivity contribution in [3.05, 3.63) is 29.3 Å². The minimum atomic E-state index is 0.207. The Kier molecular flexibility index (Phi) is 5.62. The van der Waals surface area contributed by atoms with Crippen LogP contribution in [0.5, 0.6) is 5.75 Å². The van der Waals surface area contributed by atoms with Gasteiger partial charge in [0.05, 0.1) is 13.0 Å². The summed E-state index contributed by atoms with van der Waals surface area (Å²) in [5.41, 5.74) is 2.37. The van der Waals surface area contributed by atoms with Gasteiger partial charge in [-0.25, -0.2) is 0 Å². The van der Waals surface area contributed by atoms with Gasteiger partial charge in [0, 0.05) is 19.1 Å². The lowest BCUT2D eigenvalue weighted by Crippen LogP contribution is -2.41. The summed E-state index contributed by atoms with van der Waals surface area (Å²) in [6.45, 7) is 6.33. The van der Waals surface area contributed by atoms with Crippen LogP contribution in [0.25, 0.3) is 0 Å². The van der Waals surface area contributed by atoms with Gasteiger partial charge in [-0.15, -0.1) is 0 Å². The largest absolute Gasteiger partial charge is 0.493 e. The highest BCUT2D eigenvalue weighted by atomic mass is 16.5. The van der Waals surface area contributed by atoms with E-state index in [0.717, 1.165) is 37.2 Å². The summed E-state index contributed by atoms with van der Waals surface area (Å²) in [6.07, 6.45) is 2.66. The molecule has 1 saturated heterocycles. The lowest BCUT2D eigenvalue weighted by Gasteiger charge is -2.24. The molecule has 0 aliphatic carbocycles. The molecule has 1 aromatic rings. The zero-order valence-electron chi connectivity index (χ0n) is 13.3. The first-order valence-corrected chi connectivity index (χ1v) is 7.76. The van der Waals surface area contributed by atoms with E-state index in [1.54, 1.807) is 0 Å². The Morgan fingerprint density at radius 2 is 2.24 bits per heavy atom. The number of nitrogens with one attached hydrogen (secondary N) is 1. The number of ether oxygens (including phenoxy) is 1. The maximum absolute atomic E-state index is 12.3. The lowest BCUT2D eigenvalue weighted by molar-refractivity contribution is -0.132. The quantitative estimate of drug-likeness (QED) is 0.874. The molecular formula is C17H26N2O2. The first kappa shape index (κ1) is 15.8. The van der Waals surface area contributed by atoms with Crippen molar-refractivity contribution < 1.29 is 9.53 Å². The SMILES string of the molecule is CNC[C@@H]1CCCN1C(=O)CCOc1cccc(C)c1C. The number of benzene rings is 1. The van der Waals surface area contributed by atoms with E-state index in [2.05, 4.69) is 25.2 Å². The molecule has 1 aliphatic heterocycles. The highest BCUT2D eigenvalue weighted by Gasteiger charge is 2.27. The fourth-order valence-electron chi connectivity index (χ4n) is 2.88. The molecule has 1 N–H and O–H groups in total. The van der Waals surface area contributed by atoms with Crippen molar-refractivity contribution in [1.82, 2.24) is 10.2 Å². The number of hydrogen-bond donors (Lipinski definition) is 1. The molecule has 1 atom stereocenters. The molecule has 0 spiro atoms. The summed E-state index contributed by atoms with van der Waals surface area (Å²) >= 11 is 0. The Morgan fingerprint density at radius 3 is 3.00 bits per heavy atom. The van der Waals surface area contributed by atoms with Gasteiger partial charge < -0.3 is 15.0 Å². The second kappa shape index (κ2) is 7.46. The van der Waals surface area contributed by atoms with Crippen molar-refractivity contribution in [3.8, 4) is 5.75 Å². The van der Waals surface area contributed by atoms with Crippen LogP contribution in [0.3, 0.4) is 0 Å². The van der Waals surface area contributed by atoms with Gasteiger partial charge in [0.25, 0.3) is 0 Å². The number of rotatable bonds is 6. The van der Waals surface area contributed by atoms with E-state index in [-0.39, 0.29) is 5.91 Å². The van der Waals surface area contributed by atoms with E-state index >= 15 is 0 Å². The number of likely N-dealkylation sites (tertiary alicyclic amines) is 1. The van der Waals surface area contributed by atoms with Crippen molar-refractivity contribution >= 4 is 5.91 Å². The van der Waals surface area contributed by atoms with E-state index in [9.17, 15) is 4.79 Å². The van der Waals surface area contributed by atoms with E-state index in [1.165, 1.54) is 5.56 Å². The van der Waals surface area contributed by atoms with Crippen molar-refractivity contribution in [2.45, 2.75) is 39.2 Å². The summed E-state index contributed by atoms with van der Waals surface area (Å²) < 4.78 is 5.78. The van der Waals surface area contributed by atoms with Crippen molar-refractivity contribution in [2.75, 3.05) is 26.7 Å². The van der Waals surface area contributed by atoms with Crippen LogP contribution in [0.1, 0.15) is 30.4 Å². The summed E-state index contributed by atoms with van der Waals surface area (Å²) in [5, 5.41) is 3.16. The Labute approximate surface area is 127 Å². The fourth-order valence-corrected chi connectivity index (χ4v) is 2.88. The monoisotopic (exact) mass is 290 g/mol. The summed E-state index contributed by atoms with van der Waals surface area (Å²) in [4.78, 5) is 14.3. The third-order valence-electron chi connectivity index (χ3n) is 4.27. The van der Waals surface area contributed by atoms with Gasteiger partial charge in [-0.1, -0.05) is 12.1 Å². The highest BCUT2D eigenvalue weighted by Crippen LogP contribution is 2.21. The molecule has 0 unspecified atom stereocenters. The number of carbonyl (C=O) groups is 1. The fraction of sp³-hybridized carbons (Fsp3) is 0.588. The van der Waals surface area contributed by atoms with E-state index < -0.39 is 0 Å². The molecule has 1 heterocycles. The third kappa shape index (κ3) is 3.97. The normalized spacial score (nSPS) is 18.0. The molecule has 1 amide bonds. The molecule has 1 aromatic carbocycles. The number of nitrogens with zero attached hydrogens (tertiary/aromatic N) is 1. The molecule has 2 rings (SSSR count). The molecule has 116 valence electrons. The number of amides is 1. The Bertz CT molecular complexity index is 488. The molecule has 21 heavy (non-hydrogen) atoms. The Balaban J connectivity index is 1.83. The molecule has 1 aliphatic rings. The van der Waals surface area contributed by atoms with Crippen LogP contribution in [0.2, 0.25) is 0 Å². The Hall–Kier alpha value is -1.55. The molecule has 0 saturated carbocycles. The molecule has 4 nitrogen and oxygen atoms in total. The lowest BCUT2D eigenvalue weighted by atomic mass is 10.1. The number of likely N-dealkylation sites (N-methyl/N-ethyl adjacent to an activating group) is 1. The smallest absolute Gasteiger partial charge is 0.226 e. The van der Waals surface area contributed by atoms with Crippen LogP contribution >= 0.6 is 0 Å². The summed E-state index contributed by atoms with van der Waals surface area (Å²) in [6, 6.07) is 6.37. The summed E-state index contributed by atoms with van der Waals surface area (Å²) in [5.74, 6) is 1.09. The van der Waals surface area contributed by atoms with E-state index in [1.807, 2.05) is 24.1 Å². The van der Waals surface area contributed by atoms with Gasteiger partial charge in [-0.05, 0) is 50.9 Å². The van der Waals surface area contributed by atoms with Gasteiger partial charge >= 0.3 is 0 Å². The van der Waals surface area contributed by atoms with Gasteiger partial charge in [-0.2, -0.15) is 0 Å². The standard InChI is InChI=1S/C17H26N2O2/c1-13-6-4-8-16(14(13)2)21-11-9-17(20)19-10-5-7-15(19)12-18-3/h4,6,8,15,18H,5,7,9-12H2,1-3H3/t15-/m0/s1. The summed E-state index contributed by atoms with van der Waals surface area (Å²) in [7, 11) is 1.94. The van der Waals surface area contributed by atoms with Crippen LogP contribution in [0.15, 0.2) is 18.2 Å². The van der Waals surface area contributed by atoms with Crippen molar-refractivity contribution in [1.29, 1.82) is 0 Å². The minimum Gasteiger partial charge on any atom is -0.493 e. The second-order valence-corrected chi connectivity index (χ2v) is 5.74. The van der Waals surface area contributed by atoms with Gasteiger partial charge in [0.1, 0.15) is 5.75 Å². The van der Waals surface area contributed by atoms with Crippen LogP contribution < -0.4 is 10.1 Å². The molecular weight excluding hydrogens is 264 g/mol. The average molecular weight is 290 g/mol. The third-order valence-corrected chi connectivity index (χ3v) is 4.27. The van der Waals surface area contributed by atoms with Crippen LogP contribution in [0.4, 0.5) is 0 Å². The van der Waals surface area contributed by atoms with Crippen LogP contribution in [0, 0.1) is 13.8 Å². The van der Waals surface area contributed by atoms with Gasteiger partial charge in [-0.3, -0.25) is 4.79 Å². The van der Waals surface area contributed by atoms with Crippen LogP contribution in [-0.2, 0) is 4.79 Å². The topological polar surface area (TPSA) is 41.6 Å². The first-order chi connectivity index (χ1) is 10.1. The average Bonchev–Trinajstić information content (AvgIpc) is 2.92. The van der Waals surface area contributed by atoms with Gasteiger partial charge in [0.15, 0.2) is 0 Å². The minimum absolute atomic E-state index is 0.207. The zero-order chi connectivity index (χ0) is 15.2. The molecule has 4 heteroatoms. The predicted molar refractivity (Wildman–Crippen MR) is 84.7 cm³/mol. The first-order valence-electron chi connectivity index (χ1n) is 7.76. The maximum Gasteiger partial charge on any atom is 0.226 e. The molecule has 0 radical (unpaired) electrons. The van der Waals surface area contributed by atoms with Crippen LogP contribution in [-0.4, -0.2) is 43.6 Å². The predicted octanol–water partition coefficient (Wildman–Crippen LogP) is 2.28. The molecule has 0 bridgehead atoms. The highest BCUT2D eigenvalue weighted by molar-refractivity contribution is 5.77. The maximum atomic E-state index is 12.3. The number of aryl methyl sites for hydroxylation is 1.